The van der Waals surface area contributed by atoms with Crippen molar-refractivity contribution in [1.82, 2.24) is 9.88 Å². The lowest BCUT2D eigenvalue weighted by Crippen LogP contribution is -2.43. The van der Waals surface area contributed by atoms with Gasteiger partial charge in [-0.15, -0.1) is 0 Å². The molecule has 128 valence electrons. The third-order valence-electron chi connectivity index (χ3n) is 4.57. The molecule has 1 amide bonds. The lowest BCUT2D eigenvalue weighted by atomic mass is 9.97. The van der Waals surface area contributed by atoms with Gasteiger partial charge in [-0.05, 0) is 55.8 Å². The van der Waals surface area contributed by atoms with Crippen LogP contribution in [0.5, 0.6) is 0 Å². The van der Waals surface area contributed by atoms with Crippen molar-refractivity contribution in [2.24, 2.45) is 5.92 Å². The van der Waals surface area contributed by atoms with Crippen LogP contribution in [0.2, 0.25) is 0 Å². The summed E-state index contributed by atoms with van der Waals surface area (Å²) in [6.07, 6.45) is 2.03. The van der Waals surface area contributed by atoms with Gasteiger partial charge in [-0.1, -0.05) is 6.07 Å². The van der Waals surface area contributed by atoms with Crippen LogP contribution >= 0.6 is 0 Å². The van der Waals surface area contributed by atoms with Gasteiger partial charge in [0.25, 0.3) is 0 Å². The Morgan fingerprint density at radius 2 is 2.17 bits per heavy atom. The van der Waals surface area contributed by atoms with E-state index in [2.05, 4.69) is 17.1 Å². The van der Waals surface area contributed by atoms with Crippen LogP contribution in [0, 0.1) is 12.8 Å². The quantitative estimate of drug-likeness (QED) is 0.878. The summed E-state index contributed by atoms with van der Waals surface area (Å²) in [5.41, 5.74) is 3.20. The molecular formula is C19H24N2O3. The van der Waals surface area contributed by atoms with Gasteiger partial charge in [-0.3, -0.25) is 9.59 Å². The number of rotatable bonds is 4. The summed E-state index contributed by atoms with van der Waals surface area (Å²) in [6, 6.07) is 8.15. The highest BCUT2D eigenvalue weighted by molar-refractivity contribution is 5.84. The molecular weight excluding hydrogens is 304 g/mol. The summed E-state index contributed by atoms with van der Waals surface area (Å²) in [5, 5.41) is 1.13. The zero-order valence-electron chi connectivity index (χ0n) is 14.3. The average molecular weight is 328 g/mol. The molecule has 0 saturated carbocycles. The van der Waals surface area contributed by atoms with Gasteiger partial charge in [-0.25, -0.2) is 0 Å². The van der Waals surface area contributed by atoms with Gasteiger partial charge in [0.15, 0.2) is 0 Å². The standard InChI is InChI=1S/C19H24N2O3/c1-3-24-19(23)15-5-4-8-21(12-15)18(22)11-14-6-7-17-16(10-14)9-13(2)20-17/h6-7,9-10,15,20H,3-5,8,11-12H2,1-2H3. The number of H-pyrrole nitrogens is 1. The van der Waals surface area contributed by atoms with Gasteiger partial charge in [-0.2, -0.15) is 0 Å². The van der Waals surface area contributed by atoms with Crippen LogP contribution in [-0.2, 0) is 20.7 Å². The van der Waals surface area contributed by atoms with Crippen LogP contribution in [0.3, 0.4) is 0 Å². The Balaban J connectivity index is 1.65. The highest BCUT2D eigenvalue weighted by atomic mass is 16.5. The summed E-state index contributed by atoms with van der Waals surface area (Å²) in [7, 11) is 0. The first-order valence-corrected chi connectivity index (χ1v) is 8.59. The smallest absolute Gasteiger partial charge is 0.310 e. The Labute approximate surface area is 142 Å². The number of aryl methyl sites for hydroxylation is 1. The van der Waals surface area contributed by atoms with E-state index in [4.69, 9.17) is 4.74 Å². The van der Waals surface area contributed by atoms with Crippen molar-refractivity contribution < 1.29 is 14.3 Å². The maximum absolute atomic E-state index is 12.6. The van der Waals surface area contributed by atoms with Crippen molar-refractivity contribution in [3.8, 4) is 0 Å². The van der Waals surface area contributed by atoms with Crippen LogP contribution in [0.15, 0.2) is 24.3 Å². The number of nitrogens with zero attached hydrogens (tertiary/aromatic N) is 1. The number of esters is 1. The predicted octanol–water partition coefficient (Wildman–Crippen LogP) is 2.82. The van der Waals surface area contributed by atoms with Gasteiger partial charge in [0.2, 0.25) is 5.91 Å². The number of hydrogen-bond donors (Lipinski definition) is 1. The van der Waals surface area contributed by atoms with Crippen LogP contribution in [0.1, 0.15) is 31.0 Å². The minimum absolute atomic E-state index is 0.0793. The summed E-state index contributed by atoms with van der Waals surface area (Å²) in [5.74, 6) is -0.285. The minimum atomic E-state index is -0.183. The van der Waals surface area contributed by atoms with Crippen LogP contribution < -0.4 is 0 Å². The summed E-state index contributed by atoms with van der Waals surface area (Å²) >= 11 is 0. The first kappa shape index (κ1) is 16.6. The van der Waals surface area contributed by atoms with Gasteiger partial charge >= 0.3 is 5.97 Å². The molecule has 0 aliphatic carbocycles. The molecule has 2 heterocycles. The van der Waals surface area contributed by atoms with Crippen LogP contribution in [0.25, 0.3) is 10.9 Å². The van der Waals surface area contributed by atoms with E-state index in [1.807, 2.05) is 26.0 Å². The Morgan fingerprint density at radius 1 is 1.33 bits per heavy atom. The zero-order chi connectivity index (χ0) is 17.1. The van der Waals surface area contributed by atoms with E-state index in [1.54, 1.807) is 4.90 Å². The van der Waals surface area contributed by atoms with E-state index in [0.717, 1.165) is 41.5 Å². The fraction of sp³-hybridized carbons (Fsp3) is 0.474. The number of nitrogens with one attached hydrogen (secondary N) is 1. The maximum Gasteiger partial charge on any atom is 0.310 e. The number of hydrogen-bond acceptors (Lipinski definition) is 3. The third kappa shape index (κ3) is 3.61. The largest absolute Gasteiger partial charge is 0.466 e. The van der Waals surface area contributed by atoms with E-state index < -0.39 is 0 Å². The Kier molecular flexibility index (Phi) is 4.88. The number of ether oxygens (including phenoxy) is 1. The molecule has 1 atom stereocenters. The van der Waals surface area contributed by atoms with E-state index >= 15 is 0 Å². The zero-order valence-corrected chi connectivity index (χ0v) is 14.3. The normalized spacial score (nSPS) is 17.9. The molecule has 3 rings (SSSR count). The highest BCUT2D eigenvalue weighted by Crippen LogP contribution is 2.21. The molecule has 1 aliphatic rings. The lowest BCUT2D eigenvalue weighted by molar-refractivity contribution is -0.151. The molecule has 5 heteroatoms. The molecule has 1 aromatic carbocycles. The molecule has 1 saturated heterocycles. The maximum atomic E-state index is 12.6. The highest BCUT2D eigenvalue weighted by Gasteiger charge is 2.29. The minimum Gasteiger partial charge on any atom is -0.466 e. The predicted molar refractivity (Wildman–Crippen MR) is 92.7 cm³/mol. The number of benzene rings is 1. The number of fused-ring (bicyclic) bond motifs is 1. The van der Waals surface area contributed by atoms with Gasteiger partial charge < -0.3 is 14.6 Å². The second-order valence-electron chi connectivity index (χ2n) is 6.48. The van der Waals surface area contributed by atoms with Gasteiger partial charge in [0, 0.05) is 24.3 Å². The van der Waals surface area contributed by atoms with Crippen molar-refractivity contribution in [2.75, 3.05) is 19.7 Å². The number of amides is 1. The van der Waals surface area contributed by atoms with Gasteiger partial charge in [0.1, 0.15) is 0 Å². The van der Waals surface area contributed by atoms with Crippen molar-refractivity contribution in [1.29, 1.82) is 0 Å². The van der Waals surface area contributed by atoms with E-state index in [-0.39, 0.29) is 17.8 Å². The molecule has 1 aromatic heterocycles. The van der Waals surface area contributed by atoms with E-state index in [0.29, 0.717) is 19.6 Å². The number of aromatic nitrogens is 1. The molecule has 5 nitrogen and oxygen atoms in total. The molecule has 1 unspecified atom stereocenters. The molecule has 0 radical (unpaired) electrons. The number of carbonyl (C=O) groups is 2. The van der Waals surface area contributed by atoms with E-state index in [9.17, 15) is 9.59 Å². The fourth-order valence-electron chi connectivity index (χ4n) is 3.38. The van der Waals surface area contributed by atoms with Crippen molar-refractivity contribution in [2.45, 2.75) is 33.1 Å². The van der Waals surface area contributed by atoms with Crippen molar-refractivity contribution in [3.63, 3.8) is 0 Å². The molecule has 2 aromatic rings. The summed E-state index contributed by atoms with van der Waals surface area (Å²) < 4.78 is 5.10. The van der Waals surface area contributed by atoms with Crippen molar-refractivity contribution >= 4 is 22.8 Å². The first-order chi connectivity index (χ1) is 11.6. The summed E-state index contributed by atoms with van der Waals surface area (Å²) in [4.78, 5) is 29.6. The lowest BCUT2D eigenvalue weighted by Gasteiger charge is -2.31. The molecule has 24 heavy (non-hydrogen) atoms. The molecule has 0 bridgehead atoms. The molecule has 1 fully saturated rings. The number of piperidine rings is 1. The number of carbonyl (C=O) groups excluding carboxylic acids is 2. The Bertz CT molecular complexity index is 750. The van der Waals surface area contributed by atoms with Crippen molar-refractivity contribution in [3.05, 3.63) is 35.5 Å². The monoisotopic (exact) mass is 328 g/mol. The fourth-order valence-corrected chi connectivity index (χ4v) is 3.38. The SMILES string of the molecule is CCOC(=O)C1CCCN(C(=O)Cc2ccc3[nH]c(C)cc3c2)C1. The number of aromatic amines is 1. The second-order valence-corrected chi connectivity index (χ2v) is 6.48. The summed E-state index contributed by atoms with van der Waals surface area (Å²) in [6.45, 7) is 5.42. The Hall–Kier alpha value is -2.30. The first-order valence-electron chi connectivity index (χ1n) is 8.59. The average Bonchev–Trinajstić information content (AvgIpc) is 2.94. The van der Waals surface area contributed by atoms with E-state index in [1.165, 1.54) is 0 Å². The van der Waals surface area contributed by atoms with Crippen LogP contribution in [0.4, 0.5) is 0 Å². The third-order valence-corrected chi connectivity index (χ3v) is 4.57. The Morgan fingerprint density at radius 3 is 2.96 bits per heavy atom. The molecule has 1 N–H and O–H groups in total. The molecule has 1 aliphatic heterocycles. The van der Waals surface area contributed by atoms with Gasteiger partial charge in [0.05, 0.1) is 18.9 Å². The topological polar surface area (TPSA) is 62.4 Å². The second kappa shape index (κ2) is 7.07. The van der Waals surface area contributed by atoms with Crippen LogP contribution in [-0.4, -0.2) is 41.5 Å². The number of likely N-dealkylation sites (tertiary alicyclic amines) is 1. The molecule has 0 spiro atoms.